The van der Waals surface area contributed by atoms with E-state index in [-0.39, 0.29) is 0 Å². The average Bonchev–Trinajstić information content (AvgIpc) is 2.70. The molecule has 0 amide bonds. The third kappa shape index (κ3) is 7.39. The number of hydrogen-bond donors (Lipinski definition) is 1. The molecular weight excluding hydrogens is 330 g/mol. The second-order valence-electron chi connectivity index (χ2n) is 7.15. The number of likely N-dealkylation sites (N-methyl/N-ethyl adjacent to an activating group) is 1. The second kappa shape index (κ2) is 12.5. The van der Waals surface area contributed by atoms with Crippen molar-refractivity contribution in [1.29, 1.82) is 0 Å². The summed E-state index contributed by atoms with van der Waals surface area (Å²) in [6.45, 7) is 13.8. The maximum absolute atomic E-state index is 5.95. The van der Waals surface area contributed by atoms with Crippen LogP contribution in [0.4, 0.5) is 0 Å². The first-order valence-electron chi connectivity index (χ1n) is 10.3. The maximum Gasteiger partial charge on any atom is 0.193 e. The number of methoxy groups -OCH3 is 1. The summed E-state index contributed by atoms with van der Waals surface area (Å²) in [5.74, 6) is 1.04. The van der Waals surface area contributed by atoms with E-state index in [0.29, 0.717) is 6.10 Å². The van der Waals surface area contributed by atoms with Gasteiger partial charge in [0.2, 0.25) is 0 Å². The molecule has 1 N–H and O–H groups in total. The minimum Gasteiger partial charge on any atom is -0.385 e. The first-order valence-corrected chi connectivity index (χ1v) is 10.3. The zero-order valence-corrected chi connectivity index (χ0v) is 17.1. The van der Waals surface area contributed by atoms with Crippen LogP contribution in [0.25, 0.3) is 0 Å². The van der Waals surface area contributed by atoms with Crippen molar-refractivity contribution in [3.05, 3.63) is 0 Å². The Labute approximate surface area is 159 Å². The highest BCUT2D eigenvalue weighted by atomic mass is 16.5. The van der Waals surface area contributed by atoms with Gasteiger partial charge in [-0.25, -0.2) is 0 Å². The van der Waals surface area contributed by atoms with Crippen LogP contribution in [0.5, 0.6) is 0 Å². The van der Waals surface area contributed by atoms with Crippen LogP contribution < -0.4 is 5.32 Å². The van der Waals surface area contributed by atoms with Gasteiger partial charge in [-0.2, -0.15) is 0 Å². The van der Waals surface area contributed by atoms with E-state index in [1.807, 2.05) is 7.05 Å². The van der Waals surface area contributed by atoms with E-state index in [4.69, 9.17) is 9.47 Å². The quantitative estimate of drug-likeness (QED) is 0.367. The minimum absolute atomic E-state index is 0.385. The van der Waals surface area contributed by atoms with E-state index in [9.17, 15) is 0 Å². The van der Waals surface area contributed by atoms with Crippen molar-refractivity contribution in [2.45, 2.75) is 32.3 Å². The van der Waals surface area contributed by atoms with Gasteiger partial charge >= 0.3 is 0 Å². The third-order valence-corrected chi connectivity index (χ3v) is 5.42. The molecule has 0 aromatic carbocycles. The number of nitrogens with one attached hydrogen (secondary N) is 1. The fraction of sp³-hybridized carbons (Fsp3) is 0.947. The van der Waals surface area contributed by atoms with E-state index >= 15 is 0 Å². The number of aliphatic imine (C=N–C) groups is 1. The van der Waals surface area contributed by atoms with Gasteiger partial charge in [0.15, 0.2) is 5.96 Å². The van der Waals surface area contributed by atoms with Crippen LogP contribution in [0.15, 0.2) is 4.99 Å². The number of likely N-dealkylation sites (tertiary alicyclic amines) is 1. The van der Waals surface area contributed by atoms with E-state index in [0.717, 1.165) is 64.6 Å². The Morgan fingerprint density at radius 2 is 1.73 bits per heavy atom. The highest BCUT2D eigenvalue weighted by Crippen LogP contribution is 2.14. The molecule has 7 heteroatoms. The van der Waals surface area contributed by atoms with Gasteiger partial charge in [0, 0.05) is 79.7 Å². The number of guanidine groups is 1. The molecule has 2 saturated heterocycles. The van der Waals surface area contributed by atoms with Gasteiger partial charge in [0.05, 0.1) is 6.10 Å². The molecule has 0 atom stereocenters. The predicted octanol–water partition coefficient (Wildman–Crippen LogP) is 0.717. The molecule has 0 spiro atoms. The van der Waals surface area contributed by atoms with Gasteiger partial charge in [-0.05, 0) is 25.8 Å². The molecule has 0 bridgehead atoms. The normalized spacial score (nSPS) is 21.3. The molecule has 0 unspecified atom stereocenters. The van der Waals surface area contributed by atoms with Gasteiger partial charge in [-0.3, -0.25) is 9.89 Å². The summed E-state index contributed by atoms with van der Waals surface area (Å²) < 4.78 is 11.0. The van der Waals surface area contributed by atoms with Crippen molar-refractivity contribution in [1.82, 2.24) is 20.0 Å². The Hall–Kier alpha value is -0.890. The molecule has 0 aromatic heterocycles. The fourth-order valence-corrected chi connectivity index (χ4v) is 3.67. The monoisotopic (exact) mass is 369 g/mol. The lowest BCUT2D eigenvalue weighted by atomic mass is 10.1. The molecular formula is C19H39N5O2. The van der Waals surface area contributed by atoms with Crippen molar-refractivity contribution < 1.29 is 9.47 Å². The topological polar surface area (TPSA) is 52.6 Å². The molecule has 0 aromatic rings. The highest BCUT2D eigenvalue weighted by molar-refractivity contribution is 5.79. The molecule has 0 saturated carbocycles. The van der Waals surface area contributed by atoms with Crippen molar-refractivity contribution in [2.24, 2.45) is 4.99 Å². The summed E-state index contributed by atoms with van der Waals surface area (Å²) in [6.07, 6.45) is 3.52. The van der Waals surface area contributed by atoms with Crippen LogP contribution >= 0.6 is 0 Å². The molecule has 2 aliphatic heterocycles. The van der Waals surface area contributed by atoms with Gasteiger partial charge in [0.1, 0.15) is 0 Å². The van der Waals surface area contributed by atoms with E-state index in [1.165, 1.54) is 32.7 Å². The Kier molecular flexibility index (Phi) is 10.3. The number of piperazine rings is 1. The number of nitrogens with zero attached hydrogens (tertiary/aromatic N) is 4. The van der Waals surface area contributed by atoms with Gasteiger partial charge in [0.25, 0.3) is 0 Å². The number of rotatable bonds is 9. The molecule has 2 fully saturated rings. The molecule has 0 aliphatic carbocycles. The minimum atomic E-state index is 0.385. The Balaban J connectivity index is 1.59. The number of piperidine rings is 1. The summed E-state index contributed by atoms with van der Waals surface area (Å²) in [5.41, 5.74) is 0. The SMILES string of the molecule is CCN1CCN(CCNC(=NC)N2CCC(OCCCOC)CC2)CC1. The summed E-state index contributed by atoms with van der Waals surface area (Å²) in [4.78, 5) is 11.9. The molecule has 2 aliphatic rings. The first kappa shape index (κ1) is 21.4. The van der Waals surface area contributed by atoms with E-state index < -0.39 is 0 Å². The smallest absolute Gasteiger partial charge is 0.193 e. The molecule has 2 rings (SSSR count). The van der Waals surface area contributed by atoms with Crippen molar-refractivity contribution in [3.8, 4) is 0 Å². The lowest BCUT2D eigenvalue weighted by Crippen LogP contribution is -2.51. The second-order valence-corrected chi connectivity index (χ2v) is 7.15. The van der Waals surface area contributed by atoms with Crippen LogP contribution in [0.2, 0.25) is 0 Å². The summed E-state index contributed by atoms with van der Waals surface area (Å²) in [7, 11) is 3.62. The lowest BCUT2D eigenvalue weighted by Gasteiger charge is -2.36. The van der Waals surface area contributed by atoms with Gasteiger partial charge < -0.3 is 24.6 Å². The largest absolute Gasteiger partial charge is 0.385 e. The van der Waals surface area contributed by atoms with Gasteiger partial charge in [-0.1, -0.05) is 6.92 Å². The van der Waals surface area contributed by atoms with Gasteiger partial charge in [-0.15, -0.1) is 0 Å². The first-order chi connectivity index (χ1) is 12.8. The van der Waals surface area contributed by atoms with Crippen molar-refractivity contribution >= 4 is 5.96 Å². The summed E-state index contributed by atoms with van der Waals surface area (Å²) in [6, 6.07) is 0. The maximum atomic E-state index is 5.95. The third-order valence-electron chi connectivity index (χ3n) is 5.42. The van der Waals surface area contributed by atoms with Crippen molar-refractivity contribution in [2.75, 3.05) is 86.3 Å². The molecule has 2 heterocycles. The van der Waals surface area contributed by atoms with Crippen LogP contribution in [-0.2, 0) is 9.47 Å². The Bertz CT molecular complexity index is 391. The molecule has 152 valence electrons. The van der Waals surface area contributed by atoms with E-state index in [2.05, 4.69) is 31.9 Å². The molecule has 0 radical (unpaired) electrons. The summed E-state index contributed by atoms with van der Waals surface area (Å²) >= 11 is 0. The standard InChI is InChI=1S/C19H39N5O2/c1-4-22-12-14-23(15-13-22)11-8-21-19(20-2)24-9-6-18(7-10-24)26-17-5-16-25-3/h18H,4-17H2,1-3H3,(H,20,21). The predicted molar refractivity (Wildman–Crippen MR) is 107 cm³/mol. The summed E-state index contributed by atoms with van der Waals surface area (Å²) in [5, 5.41) is 3.55. The number of ether oxygens (including phenoxy) is 2. The molecule has 26 heavy (non-hydrogen) atoms. The number of hydrogen-bond acceptors (Lipinski definition) is 5. The Morgan fingerprint density at radius 3 is 2.35 bits per heavy atom. The fourth-order valence-electron chi connectivity index (χ4n) is 3.67. The van der Waals surface area contributed by atoms with Crippen LogP contribution in [0, 0.1) is 0 Å². The van der Waals surface area contributed by atoms with Crippen molar-refractivity contribution in [3.63, 3.8) is 0 Å². The molecule has 7 nitrogen and oxygen atoms in total. The highest BCUT2D eigenvalue weighted by Gasteiger charge is 2.22. The Morgan fingerprint density at radius 1 is 1.04 bits per heavy atom. The zero-order valence-electron chi connectivity index (χ0n) is 17.1. The van der Waals surface area contributed by atoms with Crippen LogP contribution in [0.3, 0.4) is 0 Å². The average molecular weight is 370 g/mol. The zero-order chi connectivity index (χ0) is 18.6. The lowest BCUT2D eigenvalue weighted by molar-refractivity contribution is 0.00989. The van der Waals surface area contributed by atoms with Crippen LogP contribution in [-0.4, -0.2) is 113 Å². The van der Waals surface area contributed by atoms with E-state index in [1.54, 1.807) is 7.11 Å². The van der Waals surface area contributed by atoms with Crippen LogP contribution in [0.1, 0.15) is 26.2 Å².